The zero-order chi connectivity index (χ0) is 20.5. The zero-order valence-electron chi connectivity index (χ0n) is 17.5. The third-order valence-electron chi connectivity index (χ3n) is 4.98. The van der Waals surface area contributed by atoms with Crippen molar-refractivity contribution in [3.63, 3.8) is 0 Å². The van der Waals surface area contributed by atoms with Gasteiger partial charge in [-0.3, -0.25) is 4.90 Å². The number of hydrogen-bond acceptors (Lipinski definition) is 4. The molecule has 2 heterocycles. The number of nitrogens with one attached hydrogen (secondary N) is 1. The predicted molar refractivity (Wildman–Crippen MR) is 125 cm³/mol. The fourth-order valence-corrected chi connectivity index (χ4v) is 3.57. The molecule has 4 nitrogen and oxygen atoms in total. The lowest BCUT2D eigenvalue weighted by molar-refractivity contribution is 0.0373. The number of ether oxygens (including phenoxy) is 1. The first-order valence-electron chi connectivity index (χ1n) is 10.6. The van der Waals surface area contributed by atoms with Crippen molar-refractivity contribution < 1.29 is 4.74 Å². The highest BCUT2D eigenvalue weighted by Gasteiger charge is 2.09. The van der Waals surface area contributed by atoms with Gasteiger partial charge in [-0.15, -0.1) is 0 Å². The summed E-state index contributed by atoms with van der Waals surface area (Å²) < 4.78 is 5.41. The van der Waals surface area contributed by atoms with E-state index in [-0.39, 0.29) is 0 Å². The van der Waals surface area contributed by atoms with Crippen LogP contribution in [0.3, 0.4) is 0 Å². The minimum Gasteiger partial charge on any atom is -0.384 e. The lowest BCUT2D eigenvalue weighted by Crippen LogP contribution is -2.36. The standard InChI is InChI=1S/C24H32ClN3O/c1-19(2)7-3-4-8-21-18-24(22-17-20(25)9-10-23(22)27-21)26-11-5-6-12-28-13-15-29-16-14-28/h3-4,7-10,17-19H,5-6,11-16H2,1-2H3,(H,26,27)/b7-3+,8-4+. The molecule has 0 radical (unpaired) electrons. The quantitative estimate of drug-likeness (QED) is 0.426. The van der Waals surface area contributed by atoms with E-state index in [0.717, 1.165) is 73.1 Å². The van der Waals surface area contributed by atoms with Gasteiger partial charge in [0.15, 0.2) is 0 Å². The summed E-state index contributed by atoms with van der Waals surface area (Å²) in [6, 6.07) is 7.99. The highest BCUT2D eigenvalue weighted by atomic mass is 35.5. The van der Waals surface area contributed by atoms with E-state index in [1.54, 1.807) is 0 Å². The van der Waals surface area contributed by atoms with Crippen LogP contribution in [0.2, 0.25) is 5.02 Å². The Hall–Kier alpha value is -1.88. The van der Waals surface area contributed by atoms with Crippen LogP contribution in [0.25, 0.3) is 17.0 Å². The SMILES string of the molecule is CC(C)/C=C/C=C/c1cc(NCCCCN2CCOCC2)c2cc(Cl)ccc2n1. The normalized spacial score (nSPS) is 15.9. The summed E-state index contributed by atoms with van der Waals surface area (Å²) in [5.74, 6) is 0.543. The summed E-state index contributed by atoms with van der Waals surface area (Å²) >= 11 is 6.24. The van der Waals surface area contributed by atoms with Crippen molar-refractivity contribution in [3.05, 3.63) is 53.2 Å². The van der Waals surface area contributed by atoms with E-state index >= 15 is 0 Å². The molecule has 1 aromatic heterocycles. The van der Waals surface area contributed by atoms with Crippen LogP contribution in [0.5, 0.6) is 0 Å². The topological polar surface area (TPSA) is 37.4 Å². The van der Waals surface area contributed by atoms with Crippen molar-refractivity contribution >= 4 is 34.3 Å². The number of halogens is 1. The maximum absolute atomic E-state index is 6.24. The fourth-order valence-electron chi connectivity index (χ4n) is 3.40. The minimum absolute atomic E-state index is 0.543. The lowest BCUT2D eigenvalue weighted by Gasteiger charge is -2.26. The van der Waals surface area contributed by atoms with Crippen molar-refractivity contribution in [2.24, 2.45) is 5.92 Å². The van der Waals surface area contributed by atoms with Gasteiger partial charge in [-0.1, -0.05) is 43.7 Å². The van der Waals surface area contributed by atoms with Crippen LogP contribution < -0.4 is 5.32 Å². The molecule has 2 aromatic rings. The first-order valence-corrected chi connectivity index (χ1v) is 11.0. The van der Waals surface area contributed by atoms with E-state index < -0.39 is 0 Å². The molecule has 1 aromatic carbocycles. The van der Waals surface area contributed by atoms with Crippen LogP contribution in [0, 0.1) is 5.92 Å². The molecule has 0 saturated carbocycles. The third-order valence-corrected chi connectivity index (χ3v) is 5.22. The number of morpholine rings is 1. The summed E-state index contributed by atoms with van der Waals surface area (Å²) in [5.41, 5.74) is 3.00. The number of allylic oxidation sites excluding steroid dienone is 3. The number of benzene rings is 1. The molecule has 0 spiro atoms. The summed E-state index contributed by atoms with van der Waals surface area (Å²) in [7, 11) is 0. The average Bonchev–Trinajstić information content (AvgIpc) is 2.72. The van der Waals surface area contributed by atoms with Crippen molar-refractivity contribution in [1.29, 1.82) is 0 Å². The number of hydrogen-bond donors (Lipinski definition) is 1. The third kappa shape index (κ3) is 7.14. The molecule has 0 bridgehead atoms. The van der Waals surface area contributed by atoms with Crippen molar-refractivity contribution in [3.8, 4) is 0 Å². The van der Waals surface area contributed by atoms with Crippen molar-refractivity contribution in [1.82, 2.24) is 9.88 Å². The minimum atomic E-state index is 0.543. The van der Waals surface area contributed by atoms with Crippen LogP contribution >= 0.6 is 11.6 Å². The summed E-state index contributed by atoms with van der Waals surface area (Å²) in [6.45, 7) is 10.3. The number of aromatic nitrogens is 1. The fraction of sp³-hybridized carbons (Fsp3) is 0.458. The van der Waals surface area contributed by atoms with Crippen molar-refractivity contribution in [2.45, 2.75) is 26.7 Å². The molecule has 0 atom stereocenters. The van der Waals surface area contributed by atoms with Gasteiger partial charge in [-0.25, -0.2) is 4.98 Å². The van der Waals surface area contributed by atoms with Gasteiger partial charge in [0.25, 0.3) is 0 Å². The summed E-state index contributed by atoms with van der Waals surface area (Å²) in [6.07, 6.45) is 10.7. The van der Waals surface area contributed by atoms with Crippen LogP contribution in [0.4, 0.5) is 5.69 Å². The number of pyridine rings is 1. The number of fused-ring (bicyclic) bond motifs is 1. The highest BCUT2D eigenvalue weighted by Crippen LogP contribution is 2.27. The number of rotatable bonds is 9. The highest BCUT2D eigenvalue weighted by molar-refractivity contribution is 6.31. The van der Waals surface area contributed by atoms with Gasteiger partial charge in [0.2, 0.25) is 0 Å². The zero-order valence-corrected chi connectivity index (χ0v) is 18.3. The van der Waals surface area contributed by atoms with Gasteiger partial charge in [-0.2, -0.15) is 0 Å². The monoisotopic (exact) mass is 413 g/mol. The Bertz CT molecular complexity index is 841. The van der Waals surface area contributed by atoms with E-state index in [1.807, 2.05) is 18.2 Å². The second-order valence-corrected chi connectivity index (χ2v) is 8.27. The smallest absolute Gasteiger partial charge is 0.0731 e. The number of unbranched alkanes of at least 4 members (excludes halogenated alkanes) is 1. The largest absolute Gasteiger partial charge is 0.384 e. The molecular formula is C24H32ClN3O. The maximum atomic E-state index is 6.24. The van der Waals surface area contributed by atoms with E-state index in [9.17, 15) is 0 Å². The molecular weight excluding hydrogens is 382 g/mol. The van der Waals surface area contributed by atoms with Crippen LogP contribution in [0.15, 0.2) is 42.5 Å². The van der Waals surface area contributed by atoms with Gasteiger partial charge in [-0.05, 0) is 55.6 Å². The first-order chi connectivity index (χ1) is 14.1. The van der Waals surface area contributed by atoms with Gasteiger partial charge in [0.1, 0.15) is 0 Å². The molecule has 1 saturated heterocycles. The molecule has 1 aliphatic rings. The van der Waals surface area contributed by atoms with Crippen LogP contribution in [-0.4, -0.2) is 49.3 Å². The second-order valence-electron chi connectivity index (χ2n) is 7.83. The summed E-state index contributed by atoms with van der Waals surface area (Å²) in [5, 5.41) is 5.41. The molecule has 0 amide bonds. The van der Waals surface area contributed by atoms with Gasteiger partial charge in [0.05, 0.1) is 24.4 Å². The Balaban J connectivity index is 1.63. The Morgan fingerprint density at radius 3 is 2.79 bits per heavy atom. The molecule has 29 heavy (non-hydrogen) atoms. The van der Waals surface area contributed by atoms with Crippen molar-refractivity contribution in [2.75, 3.05) is 44.7 Å². The van der Waals surface area contributed by atoms with Gasteiger partial charge in [0, 0.05) is 35.7 Å². The van der Waals surface area contributed by atoms with Crippen LogP contribution in [-0.2, 0) is 4.74 Å². The Kier molecular flexibility index (Phi) is 8.53. The molecule has 1 aliphatic heterocycles. The molecule has 3 rings (SSSR count). The Morgan fingerprint density at radius 1 is 1.17 bits per heavy atom. The number of anilines is 1. The van der Waals surface area contributed by atoms with E-state index in [1.165, 1.54) is 6.42 Å². The maximum Gasteiger partial charge on any atom is 0.0731 e. The lowest BCUT2D eigenvalue weighted by atomic mass is 10.1. The molecule has 5 heteroatoms. The molecule has 1 fully saturated rings. The Labute approximate surface area is 179 Å². The Morgan fingerprint density at radius 2 is 2.00 bits per heavy atom. The first kappa shape index (κ1) is 21.8. The second kappa shape index (κ2) is 11.3. The molecule has 0 unspecified atom stereocenters. The average molecular weight is 414 g/mol. The van der Waals surface area contributed by atoms with Gasteiger partial charge >= 0.3 is 0 Å². The van der Waals surface area contributed by atoms with E-state index in [2.05, 4.69) is 54.4 Å². The molecule has 1 N–H and O–H groups in total. The molecule has 156 valence electrons. The number of nitrogens with zero attached hydrogens (tertiary/aromatic N) is 2. The predicted octanol–water partition coefficient (Wildman–Crippen LogP) is 5.64. The van der Waals surface area contributed by atoms with E-state index in [0.29, 0.717) is 5.92 Å². The van der Waals surface area contributed by atoms with E-state index in [4.69, 9.17) is 21.3 Å². The van der Waals surface area contributed by atoms with Crippen LogP contribution in [0.1, 0.15) is 32.4 Å². The molecule has 0 aliphatic carbocycles. The van der Waals surface area contributed by atoms with Gasteiger partial charge < -0.3 is 10.1 Å². The summed E-state index contributed by atoms with van der Waals surface area (Å²) in [4.78, 5) is 7.25.